The maximum absolute atomic E-state index is 11.7. The lowest BCUT2D eigenvalue weighted by molar-refractivity contribution is 0.322. The van der Waals surface area contributed by atoms with Gasteiger partial charge >= 0.3 is 0 Å². The predicted molar refractivity (Wildman–Crippen MR) is 128 cm³/mol. The van der Waals surface area contributed by atoms with Crippen LogP contribution in [0.25, 0.3) is 0 Å². The van der Waals surface area contributed by atoms with Crippen molar-refractivity contribution in [2.45, 2.75) is 56.7 Å². The molecule has 32 heavy (non-hydrogen) atoms. The fraction of sp³-hybridized carbons (Fsp3) is 0.333. The Morgan fingerprint density at radius 2 is 1.41 bits per heavy atom. The molecule has 0 bridgehead atoms. The Morgan fingerprint density at radius 1 is 0.875 bits per heavy atom. The standard InChI is InChI=1S/2C12H16O3S/c1-10(2)8-9-15-16(13,14)12-6-4-11(3)5-7-12;1-9(2)4-6-11-8-10(3)5-7-12(11)16(13,14)15/h4-7H,1,8-9H2,2-3H3;5,7-8H,1,4,6H2,2-3H3,(H,13,14,15). The van der Waals surface area contributed by atoms with Crippen molar-refractivity contribution < 1.29 is 25.6 Å². The highest BCUT2D eigenvalue weighted by atomic mass is 32.2. The molecule has 0 aliphatic carbocycles. The number of aryl methyl sites for hydroxylation is 3. The number of hydrogen-bond donors (Lipinski definition) is 1. The molecule has 2 aromatic rings. The fourth-order valence-corrected chi connectivity index (χ4v) is 4.24. The van der Waals surface area contributed by atoms with E-state index in [0.29, 0.717) is 24.8 Å². The molecule has 8 heteroatoms. The molecule has 0 aromatic heterocycles. The number of allylic oxidation sites excluding steroid dienone is 1. The molecular formula is C24H32O6S2. The second-order valence-corrected chi connectivity index (χ2v) is 10.8. The van der Waals surface area contributed by atoms with Crippen molar-refractivity contribution in [1.29, 1.82) is 0 Å². The van der Waals surface area contributed by atoms with E-state index in [1.807, 2.05) is 27.7 Å². The van der Waals surface area contributed by atoms with E-state index in [-0.39, 0.29) is 16.4 Å². The molecule has 0 atom stereocenters. The molecule has 0 saturated heterocycles. The topological polar surface area (TPSA) is 97.7 Å². The third kappa shape index (κ3) is 9.91. The summed E-state index contributed by atoms with van der Waals surface area (Å²) in [6.07, 6.45) is 1.84. The maximum atomic E-state index is 11.7. The van der Waals surface area contributed by atoms with Gasteiger partial charge in [-0.25, -0.2) is 0 Å². The lowest BCUT2D eigenvalue weighted by Gasteiger charge is -2.08. The highest BCUT2D eigenvalue weighted by Gasteiger charge is 2.15. The number of rotatable bonds is 9. The van der Waals surface area contributed by atoms with Crippen molar-refractivity contribution in [3.05, 3.63) is 83.5 Å². The van der Waals surface area contributed by atoms with Crippen LogP contribution in [0.5, 0.6) is 0 Å². The summed E-state index contributed by atoms with van der Waals surface area (Å²) in [6.45, 7) is 15.1. The van der Waals surface area contributed by atoms with Crippen LogP contribution in [0, 0.1) is 13.8 Å². The Bertz CT molecular complexity index is 1150. The quantitative estimate of drug-likeness (QED) is 0.292. The van der Waals surface area contributed by atoms with Gasteiger partial charge in [0.25, 0.3) is 20.2 Å². The minimum absolute atomic E-state index is 0.000602. The number of benzene rings is 2. The Balaban J connectivity index is 0.000000320. The molecule has 0 aliphatic heterocycles. The highest BCUT2D eigenvalue weighted by Crippen LogP contribution is 2.20. The van der Waals surface area contributed by atoms with Crippen LogP contribution in [0.4, 0.5) is 0 Å². The van der Waals surface area contributed by atoms with Gasteiger partial charge in [-0.2, -0.15) is 16.8 Å². The van der Waals surface area contributed by atoms with Gasteiger partial charge in [0, 0.05) is 0 Å². The first-order chi connectivity index (χ1) is 14.7. The van der Waals surface area contributed by atoms with E-state index in [1.165, 1.54) is 6.07 Å². The molecule has 0 amide bonds. The van der Waals surface area contributed by atoms with Gasteiger partial charge in [0.1, 0.15) is 0 Å². The minimum atomic E-state index is -4.13. The fourth-order valence-electron chi connectivity index (χ4n) is 2.60. The van der Waals surface area contributed by atoms with Crippen LogP contribution in [0.15, 0.2) is 76.6 Å². The SMILES string of the molecule is C=C(C)CCOS(=O)(=O)c1ccc(C)cc1.C=C(C)CCc1cc(C)ccc1S(=O)(=O)O. The molecule has 2 rings (SSSR count). The minimum Gasteiger partial charge on any atom is -0.282 e. The van der Waals surface area contributed by atoms with Crippen molar-refractivity contribution in [2.24, 2.45) is 0 Å². The Hall–Kier alpha value is -2.26. The van der Waals surface area contributed by atoms with Gasteiger partial charge in [0.15, 0.2) is 0 Å². The van der Waals surface area contributed by atoms with Crippen molar-refractivity contribution >= 4 is 20.2 Å². The van der Waals surface area contributed by atoms with Gasteiger partial charge in [-0.3, -0.25) is 8.74 Å². The van der Waals surface area contributed by atoms with E-state index in [4.69, 9.17) is 8.74 Å². The molecule has 0 unspecified atom stereocenters. The van der Waals surface area contributed by atoms with Crippen molar-refractivity contribution in [3.63, 3.8) is 0 Å². The van der Waals surface area contributed by atoms with Crippen LogP contribution in [0.1, 0.15) is 43.4 Å². The summed E-state index contributed by atoms with van der Waals surface area (Å²) in [5.74, 6) is 0. The van der Waals surface area contributed by atoms with Crippen LogP contribution >= 0.6 is 0 Å². The Kier molecular flexibility index (Phi) is 10.5. The van der Waals surface area contributed by atoms with Gasteiger partial charge in [-0.05, 0) is 70.7 Å². The second-order valence-electron chi connectivity index (χ2n) is 7.84. The summed E-state index contributed by atoms with van der Waals surface area (Å²) in [7, 11) is -7.74. The summed E-state index contributed by atoms with van der Waals surface area (Å²) in [6, 6.07) is 11.5. The van der Waals surface area contributed by atoms with Gasteiger partial charge in [-0.15, -0.1) is 13.2 Å². The van der Waals surface area contributed by atoms with Crippen LogP contribution < -0.4 is 0 Å². The normalized spacial score (nSPS) is 11.4. The van der Waals surface area contributed by atoms with Crippen molar-refractivity contribution in [3.8, 4) is 0 Å². The van der Waals surface area contributed by atoms with Gasteiger partial charge in [0.2, 0.25) is 0 Å². The van der Waals surface area contributed by atoms with Gasteiger partial charge in [-0.1, -0.05) is 46.5 Å². The predicted octanol–water partition coefficient (Wildman–Crippen LogP) is 5.42. The van der Waals surface area contributed by atoms with E-state index in [9.17, 15) is 16.8 Å². The van der Waals surface area contributed by atoms with E-state index in [1.54, 1.807) is 36.4 Å². The van der Waals surface area contributed by atoms with Crippen molar-refractivity contribution in [2.75, 3.05) is 6.61 Å². The first-order valence-corrected chi connectivity index (χ1v) is 12.9. The smallest absolute Gasteiger partial charge is 0.282 e. The molecule has 0 spiro atoms. The Labute approximate surface area is 192 Å². The first-order valence-electron chi connectivity index (χ1n) is 10.0. The zero-order valence-corrected chi connectivity index (χ0v) is 20.7. The average molecular weight is 481 g/mol. The van der Waals surface area contributed by atoms with Gasteiger partial charge in [0.05, 0.1) is 16.4 Å². The van der Waals surface area contributed by atoms with E-state index < -0.39 is 20.2 Å². The summed E-state index contributed by atoms with van der Waals surface area (Å²) in [5.41, 5.74) is 4.53. The summed E-state index contributed by atoms with van der Waals surface area (Å²) in [5, 5.41) is 0. The van der Waals surface area contributed by atoms with E-state index in [2.05, 4.69) is 13.2 Å². The largest absolute Gasteiger partial charge is 0.296 e. The molecule has 2 aromatic carbocycles. The Morgan fingerprint density at radius 3 is 1.91 bits per heavy atom. The lowest BCUT2D eigenvalue weighted by atomic mass is 10.0. The molecule has 0 saturated carbocycles. The van der Waals surface area contributed by atoms with Gasteiger partial charge < -0.3 is 0 Å². The number of hydrogen-bond acceptors (Lipinski definition) is 5. The summed E-state index contributed by atoms with van der Waals surface area (Å²) in [4.78, 5) is 0.194. The molecule has 1 N–H and O–H groups in total. The third-order valence-corrected chi connectivity index (χ3v) is 6.67. The molecule has 0 radical (unpaired) electrons. The highest BCUT2D eigenvalue weighted by molar-refractivity contribution is 7.86. The zero-order chi connectivity index (χ0) is 24.5. The van der Waals surface area contributed by atoms with Crippen LogP contribution in [-0.2, 0) is 30.8 Å². The molecule has 0 aliphatic rings. The molecule has 6 nitrogen and oxygen atoms in total. The molecular weight excluding hydrogens is 448 g/mol. The monoisotopic (exact) mass is 480 g/mol. The van der Waals surface area contributed by atoms with Crippen LogP contribution in [0.3, 0.4) is 0 Å². The summed E-state index contributed by atoms with van der Waals surface area (Å²) >= 11 is 0. The first kappa shape index (κ1) is 27.8. The molecule has 0 fully saturated rings. The average Bonchev–Trinajstić information content (AvgIpc) is 2.66. The van der Waals surface area contributed by atoms with Crippen molar-refractivity contribution in [1.82, 2.24) is 0 Å². The van der Waals surface area contributed by atoms with Crippen LogP contribution in [0.2, 0.25) is 0 Å². The second kappa shape index (κ2) is 12.1. The third-order valence-electron chi connectivity index (χ3n) is 4.39. The lowest BCUT2D eigenvalue weighted by Crippen LogP contribution is -2.07. The van der Waals surface area contributed by atoms with Crippen LogP contribution in [-0.4, -0.2) is 28.0 Å². The molecule has 176 valence electrons. The maximum Gasteiger partial charge on any atom is 0.296 e. The summed E-state index contributed by atoms with van der Waals surface area (Å²) < 4.78 is 59.6. The van der Waals surface area contributed by atoms with E-state index in [0.717, 1.165) is 22.3 Å². The molecule has 0 heterocycles. The van der Waals surface area contributed by atoms with E-state index >= 15 is 0 Å². The zero-order valence-electron chi connectivity index (χ0n) is 19.1.